The molecule has 1 atom stereocenters. The average molecular weight is 226 g/mol. The number of hydrogen-bond acceptors (Lipinski definition) is 2. The number of nitrogens with one attached hydrogen (secondary N) is 2. The number of amides is 2. The zero-order chi connectivity index (χ0) is 12.1. The van der Waals surface area contributed by atoms with E-state index < -0.39 is 0 Å². The van der Waals surface area contributed by atoms with Gasteiger partial charge in [-0.25, -0.2) is 4.79 Å². The molecule has 92 valence electrons. The molecule has 1 aliphatic heterocycles. The third-order valence-corrected chi connectivity index (χ3v) is 3.16. The normalized spacial score (nSPS) is 19.2. The number of nitrogens with zero attached hydrogens (tertiary/aromatic N) is 1. The molecule has 0 aliphatic carbocycles. The number of urea groups is 1. The first-order valence-electron chi connectivity index (χ1n) is 5.87. The Morgan fingerprint density at radius 1 is 1.56 bits per heavy atom. The van der Waals surface area contributed by atoms with Crippen molar-refractivity contribution in [1.82, 2.24) is 10.2 Å². The van der Waals surface area contributed by atoms with Gasteiger partial charge in [0.05, 0.1) is 5.84 Å². The lowest BCUT2D eigenvalue weighted by molar-refractivity contribution is 0.173. The molecule has 1 rings (SSSR count). The predicted octanol–water partition coefficient (Wildman–Crippen LogP) is 1.000. The van der Waals surface area contributed by atoms with E-state index in [4.69, 9.17) is 11.1 Å². The van der Waals surface area contributed by atoms with Crippen LogP contribution in [0.1, 0.15) is 26.7 Å². The van der Waals surface area contributed by atoms with Crippen LogP contribution in [0.25, 0.3) is 0 Å². The van der Waals surface area contributed by atoms with Gasteiger partial charge < -0.3 is 16.0 Å². The number of hydrogen-bond donors (Lipinski definition) is 3. The van der Waals surface area contributed by atoms with Gasteiger partial charge in [-0.05, 0) is 18.8 Å². The van der Waals surface area contributed by atoms with Crippen LogP contribution in [-0.2, 0) is 0 Å². The molecule has 0 saturated carbocycles. The van der Waals surface area contributed by atoms with E-state index in [1.807, 2.05) is 11.8 Å². The summed E-state index contributed by atoms with van der Waals surface area (Å²) >= 11 is 0. The Morgan fingerprint density at radius 2 is 2.12 bits per heavy atom. The molecule has 0 aromatic carbocycles. The summed E-state index contributed by atoms with van der Waals surface area (Å²) in [5, 5.41) is 10.0. The van der Waals surface area contributed by atoms with Gasteiger partial charge in [0.15, 0.2) is 0 Å². The van der Waals surface area contributed by atoms with Gasteiger partial charge in [-0.3, -0.25) is 5.41 Å². The molecule has 1 heterocycles. The highest BCUT2D eigenvalue weighted by Crippen LogP contribution is 2.15. The molecule has 1 aliphatic rings. The molecule has 0 aromatic rings. The first kappa shape index (κ1) is 12.8. The Hall–Kier alpha value is -1.26. The summed E-state index contributed by atoms with van der Waals surface area (Å²) in [7, 11) is 0. The number of amidine groups is 1. The summed E-state index contributed by atoms with van der Waals surface area (Å²) in [4.78, 5) is 13.6. The summed E-state index contributed by atoms with van der Waals surface area (Å²) in [5.74, 6) is 0.750. The minimum atomic E-state index is -0.0901. The summed E-state index contributed by atoms with van der Waals surface area (Å²) in [5.41, 5.74) is 5.34. The van der Waals surface area contributed by atoms with Crippen molar-refractivity contribution in [2.75, 3.05) is 19.6 Å². The van der Waals surface area contributed by atoms with E-state index >= 15 is 0 Å². The van der Waals surface area contributed by atoms with Crippen molar-refractivity contribution in [2.24, 2.45) is 17.6 Å². The molecule has 5 heteroatoms. The molecular weight excluding hydrogens is 204 g/mol. The van der Waals surface area contributed by atoms with Crippen molar-refractivity contribution in [3.63, 3.8) is 0 Å². The van der Waals surface area contributed by atoms with E-state index in [9.17, 15) is 4.79 Å². The monoisotopic (exact) mass is 226 g/mol. The standard InChI is InChI=1S/C11H22N4O/c1-8-3-5-15(6-4-8)11(16)14-7-9(2)10(12)13/h8-9H,3-7H2,1-2H3,(H3,12,13)(H,14,16). The Morgan fingerprint density at radius 3 is 2.62 bits per heavy atom. The van der Waals surface area contributed by atoms with Crippen molar-refractivity contribution in [3.05, 3.63) is 0 Å². The van der Waals surface area contributed by atoms with Crippen molar-refractivity contribution < 1.29 is 4.79 Å². The van der Waals surface area contributed by atoms with Gasteiger partial charge in [0.1, 0.15) is 0 Å². The highest BCUT2D eigenvalue weighted by Gasteiger charge is 2.20. The SMILES string of the molecule is CC1CCN(C(=O)NCC(C)C(=N)N)CC1. The minimum Gasteiger partial charge on any atom is -0.387 e. The maximum atomic E-state index is 11.7. The molecule has 16 heavy (non-hydrogen) atoms. The van der Waals surface area contributed by atoms with Gasteiger partial charge in [-0.15, -0.1) is 0 Å². The molecule has 0 spiro atoms. The Bertz CT molecular complexity index is 259. The second-order valence-corrected chi connectivity index (χ2v) is 4.71. The second-order valence-electron chi connectivity index (χ2n) is 4.71. The minimum absolute atomic E-state index is 0.0278. The molecule has 1 unspecified atom stereocenters. The van der Waals surface area contributed by atoms with Gasteiger partial charge in [0.25, 0.3) is 0 Å². The first-order chi connectivity index (χ1) is 7.50. The Kier molecular flexibility index (Phi) is 4.58. The fourth-order valence-corrected chi connectivity index (χ4v) is 1.67. The van der Waals surface area contributed by atoms with Crippen LogP contribution in [0.2, 0.25) is 0 Å². The van der Waals surface area contributed by atoms with Crippen molar-refractivity contribution in [1.29, 1.82) is 5.41 Å². The third-order valence-electron chi connectivity index (χ3n) is 3.16. The molecule has 1 saturated heterocycles. The van der Waals surface area contributed by atoms with Crippen LogP contribution in [0.5, 0.6) is 0 Å². The number of likely N-dealkylation sites (tertiary alicyclic amines) is 1. The maximum absolute atomic E-state index is 11.7. The number of carbonyl (C=O) groups excluding carboxylic acids is 1. The van der Waals surface area contributed by atoms with Crippen LogP contribution in [-0.4, -0.2) is 36.4 Å². The largest absolute Gasteiger partial charge is 0.387 e. The number of piperidine rings is 1. The van der Waals surface area contributed by atoms with Crippen LogP contribution < -0.4 is 11.1 Å². The predicted molar refractivity (Wildman–Crippen MR) is 64.4 cm³/mol. The zero-order valence-electron chi connectivity index (χ0n) is 10.1. The molecule has 2 amide bonds. The highest BCUT2D eigenvalue weighted by molar-refractivity contribution is 5.80. The molecule has 0 bridgehead atoms. The lowest BCUT2D eigenvalue weighted by Crippen LogP contribution is -2.46. The Labute approximate surface area is 96.9 Å². The molecule has 1 fully saturated rings. The number of rotatable bonds is 3. The van der Waals surface area contributed by atoms with E-state index in [0.29, 0.717) is 6.54 Å². The van der Waals surface area contributed by atoms with E-state index in [2.05, 4.69) is 12.2 Å². The average Bonchev–Trinajstić information content (AvgIpc) is 2.26. The Balaban J connectivity index is 2.27. The fraction of sp³-hybridized carbons (Fsp3) is 0.818. The highest BCUT2D eigenvalue weighted by atomic mass is 16.2. The van der Waals surface area contributed by atoms with Crippen LogP contribution in [0.15, 0.2) is 0 Å². The lowest BCUT2D eigenvalue weighted by atomic mass is 10.00. The molecule has 4 N–H and O–H groups in total. The number of nitrogens with two attached hydrogens (primary N) is 1. The molecule has 0 radical (unpaired) electrons. The molecule has 5 nitrogen and oxygen atoms in total. The van der Waals surface area contributed by atoms with Gasteiger partial charge >= 0.3 is 6.03 Å². The van der Waals surface area contributed by atoms with Crippen molar-refractivity contribution in [3.8, 4) is 0 Å². The lowest BCUT2D eigenvalue weighted by Gasteiger charge is -2.30. The first-order valence-corrected chi connectivity index (χ1v) is 5.87. The van der Waals surface area contributed by atoms with Crippen LogP contribution >= 0.6 is 0 Å². The second kappa shape index (κ2) is 5.72. The maximum Gasteiger partial charge on any atom is 0.317 e. The van der Waals surface area contributed by atoms with E-state index in [1.165, 1.54) is 0 Å². The van der Waals surface area contributed by atoms with Gasteiger partial charge in [-0.2, -0.15) is 0 Å². The van der Waals surface area contributed by atoms with Crippen molar-refractivity contribution in [2.45, 2.75) is 26.7 Å². The van der Waals surface area contributed by atoms with E-state index in [-0.39, 0.29) is 17.8 Å². The van der Waals surface area contributed by atoms with Gasteiger partial charge in [0.2, 0.25) is 0 Å². The van der Waals surface area contributed by atoms with Gasteiger partial charge in [0, 0.05) is 25.6 Å². The van der Waals surface area contributed by atoms with E-state index in [1.54, 1.807) is 0 Å². The topological polar surface area (TPSA) is 82.2 Å². The summed E-state index contributed by atoms with van der Waals surface area (Å²) in [6, 6.07) is -0.0278. The third kappa shape index (κ3) is 3.72. The molecular formula is C11H22N4O. The summed E-state index contributed by atoms with van der Waals surface area (Å²) < 4.78 is 0. The summed E-state index contributed by atoms with van der Waals surface area (Å²) in [6.45, 7) is 6.16. The quantitative estimate of drug-likeness (QED) is 0.495. The smallest absolute Gasteiger partial charge is 0.317 e. The zero-order valence-corrected chi connectivity index (χ0v) is 10.1. The fourth-order valence-electron chi connectivity index (χ4n) is 1.67. The van der Waals surface area contributed by atoms with Crippen LogP contribution in [0, 0.1) is 17.2 Å². The van der Waals surface area contributed by atoms with E-state index in [0.717, 1.165) is 31.8 Å². The van der Waals surface area contributed by atoms with Crippen molar-refractivity contribution >= 4 is 11.9 Å². The molecule has 0 aromatic heterocycles. The van der Waals surface area contributed by atoms with Crippen LogP contribution in [0.3, 0.4) is 0 Å². The number of carbonyl (C=O) groups is 1. The van der Waals surface area contributed by atoms with Gasteiger partial charge in [-0.1, -0.05) is 13.8 Å². The summed E-state index contributed by atoms with van der Waals surface area (Å²) in [6.07, 6.45) is 2.16. The van der Waals surface area contributed by atoms with Crippen LogP contribution in [0.4, 0.5) is 4.79 Å².